The molecule has 2 aromatic rings. The van der Waals surface area contributed by atoms with E-state index >= 15 is 0 Å². The molecule has 0 aliphatic heterocycles. The number of benzene rings is 2. The van der Waals surface area contributed by atoms with E-state index in [4.69, 9.17) is 16.3 Å². The van der Waals surface area contributed by atoms with Crippen molar-refractivity contribution in [3.05, 3.63) is 63.2 Å². The number of hydrogen-bond donors (Lipinski definition) is 0. The SMILES string of the molecule is CCOC(=O)c1ccc(Sc2ccc([N+](=O)[O-])cc2)c(Cl)c1. The highest BCUT2D eigenvalue weighted by Gasteiger charge is 2.11. The van der Waals surface area contributed by atoms with E-state index in [0.717, 1.165) is 9.79 Å². The van der Waals surface area contributed by atoms with Gasteiger partial charge in [-0.15, -0.1) is 0 Å². The van der Waals surface area contributed by atoms with E-state index in [0.29, 0.717) is 17.2 Å². The summed E-state index contributed by atoms with van der Waals surface area (Å²) in [5, 5.41) is 11.0. The minimum atomic E-state index is -0.449. The number of rotatable bonds is 5. The third-order valence-electron chi connectivity index (χ3n) is 2.72. The van der Waals surface area contributed by atoms with Gasteiger partial charge in [0.25, 0.3) is 5.69 Å². The molecule has 0 N–H and O–H groups in total. The molecule has 7 heteroatoms. The zero-order valence-corrected chi connectivity index (χ0v) is 13.2. The van der Waals surface area contributed by atoms with Gasteiger partial charge in [-0.05, 0) is 37.3 Å². The van der Waals surface area contributed by atoms with Gasteiger partial charge in [0.05, 0.1) is 22.1 Å². The highest BCUT2D eigenvalue weighted by molar-refractivity contribution is 7.99. The zero-order chi connectivity index (χ0) is 16.1. The Morgan fingerprint density at radius 1 is 1.27 bits per heavy atom. The topological polar surface area (TPSA) is 69.4 Å². The van der Waals surface area contributed by atoms with Gasteiger partial charge in [-0.2, -0.15) is 0 Å². The number of esters is 1. The zero-order valence-electron chi connectivity index (χ0n) is 11.6. The fourth-order valence-corrected chi connectivity index (χ4v) is 2.80. The summed E-state index contributed by atoms with van der Waals surface area (Å²) in [7, 11) is 0. The maximum atomic E-state index is 11.6. The van der Waals surface area contributed by atoms with Crippen LogP contribution < -0.4 is 0 Å². The molecular formula is C15H12ClNO4S. The first-order valence-electron chi connectivity index (χ1n) is 6.40. The van der Waals surface area contributed by atoms with E-state index in [1.165, 1.54) is 23.9 Å². The van der Waals surface area contributed by atoms with Gasteiger partial charge in [-0.1, -0.05) is 23.4 Å². The third-order valence-corrected chi connectivity index (χ3v) is 4.23. The van der Waals surface area contributed by atoms with Gasteiger partial charge >= 0.3 is 5.97 Å². The number of ether oxygens (including phenoxy) is 1. The van der Waals surface area contributed by atoms with Gasteiger partial charge in [-0.3, -0.25) is 10.1 Å². The largest absolute Gasteiger partial charge is 0.462 e. The van der Waals surface area contributed by atoms with E-state index in [9.17, 15) is 14.9 Å². The van der Waals surface area contributed by atoms with Crippen LogP contribution in [-0.2, 0) is 4.74 Å². The van der Waals surface area contributed by atoms with E-state index in [1.807, 2.05) is 0 Å². The van der Waals surface area contributed by atoms with Crippen LogP contribution in [0, 0.1) is 10.1 Å². The van der Waals surface area contributed by atoms with Crippen LogP contribution in [0.5, 0.6) is 0 Å². The van der Waals surface area contributed by atoms with Gasteiger partial charge in [0.15, 0.2) is 0 Å². The van der Waals surface area contributed by atoms with Crippen LogP contribution in [0.4, 0.5) is 5.69 Å². The third kappa shape index (κ3) is 3.99. The Morgan fingerprint density at radius 3 is 2.50 bits per heavy atom. The van der Waals surface area contributed by atoms with E-state index in [1.54, 1.807) is 37.3 Å². The minimum absolute atomic E-state index is 0.0353. The van der Waals surface area contributed by atoms with Gasteiger partial charge in [0, 0.05) is 21.9 Å². The number of carbonyl (C=O) groups is 1. The molecule has 0 radical (unpaired) electrons. The molecule has 0 aliphatic rings. The molecule has 0 spiro atoms. The number of halogens is 1. The van der Waals surface area contributed by atoms with Crippen molar-refractivity contribution in [1.82, 2.24) is 0 Å². The van der Waals surface area contributed by atoms with E-state index in [2.05, 4.69) is 0 Å². The molecule has 0 amide bonds. The van der Waals surface area contributed by atoms with Crippen molar-refractivity contribution in [1.29, 1.82) is 0 Å². The van der Waals surface area contributed by atoms with Gasteiger partial charge in [0.1, 0.15) is 0 Å². The van der Waals surface area contributed by atoms with Crippen molar-refractivity contribution >= 4 is 35.0 Å². The average Bonchev–Trinajstić information content (AvgIpc) is 2.50. The maximum absolute atomic E-state index is 11.6. The summed E-state index contributed by atoms with van der Waals surface area (Å²) >= 11 is 7.53. The standard InChI is InChI=1S/C15H12ClNO4S/c1-2-21-15(18)10-3-8-14(13(16)9-10)22-12-6-4-11(5-7-12)17(19)20/h3-9H,2H2,1H3. The Labute approximate surface area is 136 Å². The second-order valence-corrected chi connectivity index (χ2v) is 5.74. The van der Waals surface area contributed by atoms with Crippen LogP contribution in [0.2, 0.25) is 5.02 Å². The molecule has 0 aliphatic carbocycles. The lowest BCUT2D eigenvalue weighted by atomic mass is 10.2. The molecule has 0 heterocycles. The smallest absolute Gasteiger partial charge is 0.338 e. The molecule has 2 aromatic carbocycles. The quantitative estimate of drug-likeness (QED) is 0.454. The molecule has 0 fully saturated rings. The number of nitro benzene ring substituents is 1. The lowest BCUT2D eigenvalue weighted by Gasteiger charge is -2.07. The van der Waals surface area contributed by atoms with Crippen molar-refractivity contribution < 1.29 is 14.5 Å². The summed E-state index contributed by atoms with van der Waals surface area (Å²) in [6.45, 7) is 2.04. The van der Waals surface area contributed by atoms with Crippen LogP contribution >= 0.6 is 23.4 Å². The second-order valence-electron chi connectivity index (χ2n) is 4.22. The summed E-state index contributed by atoms with van der Waals surface area (Å²) in [6, 6.07) is 11.1. The summed E-state index contributed by atoms with van der Waals surface area (Å²) in [5.41, 5.74) is 0.424. The summed E-state index contributed by atoms with van der Waals surface area (Å²) in [6.07, 6.45) is 0. The molecule has 114 valence electrons. The van der Waals surface area contributed by atoms with Crippen molar-refractivity contribution in [2.24, 2.45) is 0 Å². The van der Waals surface area contributed by atoms with Crippen molar-refractivity contribution in [2.75, 3.05) is 6.61 Å². The minimum Gasteiger partial charge on any atom is -0.462 e. The molecule has 22 heavy (non-hydrogen) atoms. The predicted molar refractivity (Wildman–Crippen MR) is 84.6 cm³/mol. The fourth-order valence-electron chi connectivity index (χ4n) is 1.69. The maximum Gasteiger partial charge on any atom is 0.338 e. The number of hydrogen-bond acceptors (Lipinski definition) is 5. The van der Waals surface area contributed by atoms with Crippen molar-refractivity contribution in [2.45, 2.75) is 16.7 Å². The van der Waals surface area contributed by atoms with Gasteiger partial charge in [-0.25, -0.2) is 4.79 Å². The number of non-ortho nitro benzene ring substituents is 1. The average molecular weight is 338 g/mol. The summed E-state index contributed by atoms with van der Waals surface area (Å²) in [4.78, 5) is 23.3. The van der Waals surface area contributed by atoms with Crippen LogP contribution in [0.1, 0.15) is 17.3 Å². The van der Waals surface area contributed by atoms with Crippen LogP contribution in [-0.4, -0.2) is 17.5 Å². The van der Waals surface area contributed by atoms with Crippen molar-refractivity contribution in [3.8, 4) is 0 Å². The number of nitrogens with zero attached hydrogens (tertiary/aromatic N) is 1. The number of carbonyl (C=O) groups excluding carboxylic acids is 1. The molecule has 5 nitrogen and oxygen atoms in total. The van der Waals surface area contributed by atoms with E-state index < -0.39 is 10.9 Å². The molecule has 0 aromatic heterocycles. The Morgan fingerprint density at radius 2 is 1.95 bits per heavy atom. The monoisotopic (exact) mass is 337 g/mol. The molecule has 0 bridgehead atoms. The molecule has 0 atom stereocenters. The second kappa shape index (κ2) is 7.29. The van der Waals surface area contributed by atoms with E-state index in [-0.39, 0.29) is 5.69 Å². The lowest BCUT2D eigenvalue weighted by Crippen LogP contribution is -2.04. The first kappa shape index (κ1) is 16.3. The Kier molecular flexibility index (Phi) is 5.41. The Balaban J connectivity index is 2.16. The molecule has 2 rings (SSSR count). The van der Waals surface area contributed by atoms with Crippen LogP contribution in [0.25, 0.3) is 0 Å². The molecule has 0 saturated heterocycles. The summed E-state index contributed by atoms with van der Waals surface area (Å²) < 4.78 is 4.91. The molecular weight excluding hydrogens is 326 g/mol. The Hall–Kier alpha value is -2.05. The first-order chi connectivity index (χ1) is 10.5. The summed E-state index contributed by atoms with van der Waals surface area (Å²) in [5.74, 6) is -0.420. The number of nitro groups is 1. The van der Waals surface area contributed by atoms with Gasteiger partial charge < -0.3 is 4.74 Å². The van der Waals surface area contributed by atoms with Crippen LogP contribution in [0.15, 0.2) is 52.3 Å². The first-order valence-corrected chi connectivity index (χ1v) is 7.59. The van der Waals surface area contributed by atoms with Gasteiger partial charge in [0.2, 0.25) is 0 Å². The highest BCUT2D eigenvalue weighted by Crippen LogP contribution is 2.34. The molecule has 0 saturated carbocycles. The lowest BCUT2D eigenvalue weighted by molar-refractivity contribution is -0.384. The highest BCUT2D eigenvalue weighted by atomic mass is 35.5. The fraction of sp³-hybridized carbons (Fsp3) is 0.133. The molecule has 0 unspecified atom stereocenters. The van der Waals surface area contributed by atoms with Crippen molar-refractivity contribution in [3.63, 3.8) is 0 Å². The Bertz CT molecular complexity index is 703. The normalized spacial score (nSPS) is 10.3. The predicted octanol–water partition coefficient (Wildman–Crippen LogP) is 4.58. The van der Waals surface area contributed by atoms with Crippen LogP contribution in [0.3, 0.4) is 0 Å².